The van der Waals surface area contributed by atoms with Crippen molar-refractivity contribution in [3.63, 3.8) is 0 Å². The minimum absolute atomic E-state index is 0.0556. The van der Waals surface area contributed by atoms with Crippen LogP contribution in [0.5, 0.6) is 5.75 Å². The molecular formula is C25H24ClN3O4. The van der Waals surface area contributed by atoms with Crippen LogP contribution in [-0.4, -0.2) is 24.3 Å². The van der Waals surface area contributed by atoms with E-state index >= 15 is 0 Å². The van der Waals surface area contributed by atoms with Crippen molar-refractivity contribution in [2.75, 3.05) is 6.61 Å². The molecular weight excluding hydrogens is 442 g/mol. The number of primary amides is 1. The minimum Gasteiger partial charge on any atom is -0.484 e. The summed E-state index contributed by atoms with van der Waals surface area (Å²) >= 11 is 6.15. The summed E-state index contributed by atoms with van der Waals surface area (Å²) in [5, 5.41) is 6.12. The lowest BCUT2D eigenvalue weighted by molar-refractivity contribution is -0.122. The van der Waals surface area contributed by atoms with Gasteiger partial charge in [0.15, 0.2) is 6.61 Å². The Labute approximate surface area is 196 Å². The van der Waals surface area contributed by atoms with Crippen LogP contribution in [0.1, 0.15) is 33.9 Å². The van der Waals surface area contributed by atoms with E-state index in [1.807, 2.05) is 30.3 Å². The molecule has 0 heterocycles. The monoisotopic (exact) mass is 465 g/mol. The first-order chi connectivity index (χ1) is 15.9. The lowest BCUT2D eigenvalue weighted by atomic mass is 10.0. The van der Waals surface area contributed by atoms with Crippen LogP contribution in [0.3, 0.4) is 0 Å². The topological polar surface area (TPSA) is 111 Å². The predicted octanol–water partition coefficient (Wildman–Crippen LogP) is 3.38. The Morgan fingerprint density at radius 1 is 0.909 bits per heavy atom. The number of halogens is 1. The van der Waals surface area contributed by atoms with Gasteiger partial charge in [-0.25, -0.2) is 0 Å². The van der Waals surface area contributed by atoms with Gasteiger partial charge < -0.3 is 21.1 Å². The Bertz CT molecular complexity index is 1100. The maximum absolute atomic E-state index is 12.8. The molecule has 0 fully saturated rings. The Balaban J connectivity index is 1.61. The van der Waals surface area contributed by atoms with Gasteiger partial charge in [-0.15, -0.1) is 0 Å². The fourth-order valence-electron chi connectivity index (χ4n) is 3.14. The summed E-state index contributed by atoms with van der Waals surface area (Å²) in [6, 6.07) is 22.5. The fraction of sp³-hybridized carbons (Fsp3) is 0.160. The first-order valence-corrected chi connectivity index (χ1v) is 10.7. The molecule has 33 heavy (non-hydrogen) atoms. The summed E-state index contributed by atoms with van der Waals surface area (Å²) in [5.41, 5.74) is 7.07. The third kappa shape index (κ3) is 7.36. The Kier molecular flexibility index (Phi) is 8.43. The molecule has 3 amide bonds. The molecule has 8 heteroatoms. The number of rotatable bonds is 10. The van der Waals surface area contributed by atoms with E-state index in [2.05, 4.69) is 10.6 Å². The quantitative estimate of drug-likeness (QED) is 0.426. The maximum Gasteiger partial charge on any atom is 0.255 e. The van der Waals surface area contributed by atoms with E-state index in [4.69, 9.17) is 22.1 Å². The van der Waals surface area contributed by atoms with Gasteiger partial charge in [-0.05, 0) is 35.4 Å². The van der Waals surface area contributed by atoms with Gasteiger partial charge >= 0.3 is 0 Å². The highest BCUT2D eigenvalue weighted by atomic mass is 35.5. The van der Waals surface area contributed by atoms with Gasteiger partial charge in [0, 0.05) is 6.54 Å². The van der Waals surface area contributed by atoms with Crippen molar-refractivity contribution in [2.45, 2.75) is 19.0 Å². The van der Waals surface area contributed by atoms with Crippen LogP contribution in [0.25, 0.3) is 0 Å². The lowest BCUT2D eigenvalue weighted by Crippen LogP contribution is -2.33. The van der Waals surface area contributed by atoms with Crippen LogP contribution in [0.2, 0.25) is 5.02 Å². The second-order valence-corrected chi connectivity index (χ2v) is 7.70. The summed E-state index contributed by atoms with van der Waals surface area (Å²) in [4.78, 5) is 36.2. The summed E-state index contributed by atoms with van der Waals surface area (Å²) in [5.74, 6) is -0.623. The molecule has 0 spiro atoms. The average molecular weight is 466 g/mol. The number of nitrogens with two attached hydrogens (primary N) is 1. The molecule has 0 aliphatic heterocycles. The summed E-state index contributed by atoms with van der Waals surface area (Å²) < 4.78 is 5.22. The number of carbonyl (C=O) groups is 3. The van der Waals surface area contributed by atoms with E-state index < -0.39 is 11.9 Å². The first kappa shape index (κ1) is 23.8. The number of ether oxygens (including phenoxy) is 1. The second kappa shape index (κ2) is 11.7. The molecule has 0 saturated heterocycles. The molecule has 0 saturated carbocycles. The van der Waals surface area contributed by atoms with Gasteiger partial charge in [0.05, 0.1) is 23.0 Å². The van der Waals surface area contributed by atoms with Crippen LogP contribution in [0.15, 0.2) is 78.9 Å². The molecule has 0 aliphatic carbocycles. The zero-order valence-electron chi connectivity index (χ0n) is 17.8. The Hall–Kier alpha value is -3.84. The van der Waals surface area contributed by atoms with E-state index in [-0.39, 0.29) is 24.8 Å². The van der Waals surface area contributed by atoms with Crippen LogP contribution in [0.4, 0.5) is 0 Å². The van der Waals surface area contributed by atoms with Crippen LogP contribution >= 0.6 is 11.6 Å². The maximum atomic E-state index is 12.8. The average Bonchev–Trinajstić information content (AvgIpc) is 2.82. The zero-order chi connectivity index (χ0) is 23.6. The number of amides is 3. The lowest BCUT2D eigenvalue weighted by Gasteiger charge is -2.19. The van der Waals surface area contributed by atoms with Crippen molar-refractivity contribution < 1.29 is 19.1 Å². The van der Waals surface area contributed by atoms with Crippen molar-refractivity contribution in [3.8, 4) is 5.75 Å². The molecule has 1 unspecified atom stereocenters. The number of hydrogen-bond acceptors (Lipinski definition) is 4. The first-order valence-electron chi connectivity index (χ1n) is 10.3. The van der Waals surface area contributed by atoms with Crippen molar-refractivity contribution in [1.82, 2.24) is 10.6 Å². The summed E-state index contributed by atoms with van der Waals surface area (Å²) in [6.45, 7) is 0.103. The molecule has 3 aromatic carbocycles. The third-order valence-corrected chi connectivity index (χ3v) is 5.14. The highest BCUT2D eigenvalue weighted by molar-refractivity contribution is 6.33. The SMILES string of the molecule is NC(=O)COc1ccc(CNC(=O)CC(NC(=O)c2ccccc2Cl)c2ccccc2)cc1. The van der Waals surface area contributed by atoms with E-state index in [9.17, 15) is 14.4 Å². The summed E-state index contributed by atoms with van der Waals surface area (Å²) in [7, 11) is 0. The van der Waals surface area contributed by atoms with Crippen molar-refractivity contribution in [2.24, 2.45) is 5.73 Å². The predicted molar refractivity (Wildman–Crippen MR) is 126 cm³/mol. The highest BCUT2D eigenvalue weighted by Gasteiger charge is 2.20. The largest absolute Gasteiger partial charge is 0.484 e. The molecule has 4 N–H and O–H groups in total. The van der Waals surface area contributed by atoms with E-state index in [1.54, 1.807) is 48.5 Å². The van der Waals surface area contributed by atoms with E-state index in [1.165, 1.54) is 0 Å². The normalized spacial score (nSPS) is 11.3. The molecule has 170 valence electrons. The smallest absolute Gasteiger partial charge is 0.255 e. The van der Waals surface area contributed by atoms with Gasteiger partial charge in [0.2, 0.25) is 5.91 Å². The van der Waals surface area contributed by atoms with Crippen LogP contribution in [-0.2, 0) is 16.1 Å². The fourth-order valence-corrected chi connectivity index (χ4v) is 3.36. The molecule has 0 aromatic heterocycles. The van der Waals surface area contributed by atoms with Gasteiger partial charge in [-0.3, -0.25) is 14.4 Å². The van der Waals surface area contributed by atoms with Crippen molar-refractivity contribution in [1.29, 1.82) is 0 Å². The molecule has 0 radical (unpaired) electrons. The van der Waals surface area contributed by atoms with Crippen molar-refractivity contribution >= 4 is 29.3 Å². The number of benzene rings is 3. The van der Waals surface area contributed by atoms with Crippen LogP contribution in [0, 0.1) is 0 Å². The number of hydrogen-bond donors (Lipinski definition) is 3. The van der Waals surface area contributed by atoms with Gasteiger partial charge in [0.1, 0.15) is 5.75 Å². The van der Waals surface area contributed by atoms with Gasteiger partial charge in [-0.1, -0.05) is 66.2 Å². The molecule has 7 nitrogen and oxygen atoms in total. The minimum atomic E-state index is -0.555. The zero-order valence-corrected chi connectivity index (χ0v) is 18.5. The molecule has 0 bridgehead atoms. The van der Waals surface area contributed by atoms with Gasteiger partial charge in [0.25, 0.3) is 11.8 Å². The third-order valence-electron chi connectivity index (χ3n) is 4.81. The van der Waals surface area contributed by atoms with E-state index in [0.717, 1.165) is 11.1 Å². The molecule has 1 atom stereocenters. The standard InChI is InChI=1S/C25H24ClN3O4/c26-21-9-5-4-8-20(21)25(32)29-22(18-6-2-1-3-7-18)14-24(31)28-15-17-10-12-19(13-11-17)33-16-23(27)30/h1-13,22H,14-16H2,(H2,27,30)(H,28,31)(H,29,32). The highest BCUT2D eigenvalue weighted by Crippen LogP contribution is 2.20. The Morgan fingerprint density at radius 2 is 1.58 bits per heavy atom. The molecule has 3 rings (SSSR count). The van der Waals surface area contributed by atoms with E-state index in [0.29, 0.717) is 22.9 Å². The molecule has 3 aromatic rings. The van der Waals surface area contributed by atoms with Crippen LogP contribution < -0.4 is 21.1 Å². The second-order valence-electron chi connectivity index (χ2n) is 7.30. The number of nitrogens with one attached hydrogen (secondary N) is 2. The van der Waals surface area contributed by atoms with Crippen molar-refractivity contribution in [3.05, 3.63) is 101 Å². The Morgan fingerprint density at radius 3 is 2.24 bits per heavy atom. The number of carbonyl (C=O) groups excluding carboxylic acids is 3. The van der Waals surface area contributed by atoms with Gasteiger partial charge in [-0.2, -0.15) is 0 Å². The summed E-state index contributed by atoms with van der Waals surface area (Å²) in [6.07, 6.45) is 0.0556. The molecule has 0 aliphatic rings.